The molecule has 0 aliphatic rings. The highest BCUT2D eigenvalue weighted by Crippen LogP contribution is 2.14. The van der Waals surface area contributed by atoms with Crippen molar-refractivity contribution < 1.29 is 18.7 Å². The number of ether oxygens (including phenoxy) is 2. The third-order valence-electron chi connectivity index (χ3n) is 3.37. The van der Waals surface area contributed by atoms with Gasteiger partial charge < -0.3 is 20.5 Å². The van der Waals surface area contributed by atoms with Gasteiger partial charge in [-0.05, 0) is 35.4 Å². The van der Waals surface area contributed by atoms with Gasteiger partial charge in [0.25, 0.3) is 0 Å². The molecule has 128 valence electrons. The maximum atomic E-state index is 13.1. The maximum Gasteiger partial charge on any atom is 0.239 e. The van der Waals surface area contributed by atoms with Gasteiger partial charge in [0, 0.05) is 13.7 Å². The van der Waals surface area contributed by atoms with Crippen molar-refractivity contribution in [3.05, 3.63) is 65.5 Å². The van der Waals surface area contributed by atoms with E-state index in [2.05, 4.69) is 5.32 Å². The van der Waals surface area contributed by atoms with Crippen LogP contribution in [0.4, 0.5) is 4.39 Å². The van der Waals surface area contributed by atoms with Gasteiger partial charge in [-0.2, -0.15) is 0 Å². The Labute approximate surface area is 140 Å². The summed E-state index contributed by atoms with van der Waals surface area (Å²) < 4.78 is 23.5. The van der Waals surface area contributed by atoms with Crippen molar-refractivity contribution in [2.45, 2.75) is 19.2 Å². The molecular weight excluding hydrogens is 311 g/mol. The van der Waals surface area contributed by atoms with Gasteiger partial charge in [0.2, 0.25) is 5.91 Å². The van der Waals surface area contributed by atoms with Gasteiger partial charge in [0.1, 0.15) is 24.2 Å². The molecule has 0 unspecified atom stereocenters. The van der Waals surface area contributed by atoms with Crippen molar-refractivity contribution in [3.8, 4) is 5.75 Å². The van der Waals surface area contributed by atoms with Crippen LogP contribution in [0.1, 0.15) is 11.1 Å². The summed E-state index contributed by atoms with van der Waals surface area (Å²) in [6, 6.07) is 12.9. The maximum absolute atomic E-state index is 13.1. The SMILES string of the molecule is COC[C@H](N)C(=O)NCc1ccc(OCc2cccc(F)c2)cc1. The zero-order chi connectivity index (χ0) is 17.4. The number of hydrogen-bond donors (Lipinski definition) is 2. The molecule has 1 atom stereocenters. The van der Waals surface area contributed by atoms with Crippen molar-refractivity contribution in [1.82, 2.24) is 5.32 Å². The third-order valence-corrected chi connectivity index (χ3v) is 3.37. The zero-order valence-electron chi connectivity index (χ0n) is 13.5. The van der Waals surface area contributed by atoms with Gasteiger partial charge in [-0.1, -0.05) is 24.3 Å². The topological polar surface area (TPSA) is 73.6 Å². The zero-order valence-corrected chi connectivity index (χ0v) is 13.5. The Kier molecular flexibility index (Phi) is 6.72. The van der Waals surface area contributed by atoms with E-state index >= 15 is 0 Å². The number of benzene rings is 2. The molecule has 0 aromatic heterocycles. The number of rotatable bonds is 8. The summed E-state index contributed by atoms with van der Waals surface area (Å²) in [7, 11) is 1.50. The minimum atomic E-state index is -0.677. The molecule has 0 bridgehead atoms. The number of nitrogens with two attached hydrogens (primary N) is 1. The van der Waals surface area contributed by atoms with E-state index < -0.39 is 6.04 Å². The van der Waals surface area contributed by atoms with Crippen molar-refractivity contribution in [2.75, 3.05) is 13.7 Å². The molecule has 0 aliphatic carbocycles. The smallest absolute Gasteiger partial charge is 0.239 e. The van der Waals surface area contributed by atoms with Gasteiger partial charge in [-0.3, -0.25) is 4.79 Å². The Bertz CT molecular complexity index is 662. The van der Waals surface area contributed by atoms with Crippen LogP contribution in [0.3, 0.4) is 0 Å². The molecule has 24 heavy (non-hydrogen) atoms. The van der Waals surface area contributed by atoms with Crippen LogP contribution in [-0.2, 0) is 22.7 Å². The minimum Gasteiger partial charge on any atom is -0.489 e. The predicted octanol–water partition coefficient (Wildman–Crippen LogP) is 1.99. The first-order valence-corrected chi connectivity index (χ1v) is 7.57. The van der Waals surface area contributed by atoms with Crippen LogP contribution in [0.25, 0.3) is 0 Å². The molecule has 2 aromatic carbocycles. The molecule has 5 nitrogen and oxygen atoms in total. The molecule has 2 aromatic rings. The Morgan fingerprint density at radius 2 is 1.96 bits per heavy atom. The normalized spacial score (nSPS) is 11.8. The Morgan fingerprint density at radius 1 is 1.21 bits per heavy atom. The first-order chi connectivity index (χ1) is 11.6. The average molecular weight is 332 g/mol. The van der Waals surface area contributed by atoms with E-state index in [1.165, 1.54) is 19.2 Å². The second-order valence-corrected chi connectivity index (χ2v) is 5.34. The Morgan fingerprint density at radius 3 is 2.62 bits per heavy atom. The van der Waals surface area contributed by atoms with Gasteiger partial charge in [0.15, 0.2) is 0 Å². The van der Waals surface area contributed by atoms with Crippen LogP contribution in [0, 0.1) is 5.82 Å². The lowest BCUT2D eigenvalue weighted by Crippen LogP contribution is -2.43. The quantitative estimate of drug-likeness (QED) is 0.775. The number of methoxy groups -OCH3 is 1. The molecule has 0 spiro atoms. The van der Waals surface area contributed by atoms with Crippen molar-refractivity contribution in [1.29, 1.82) is 0 Å². The van der Waals surface area contributed by atoms with E-state index in [1.54, 1.807) is 24.3 Å². The number of amides is 1. The van der Waals surface area contributed by atoms with Gasteiger partial charge in [-0.25, -0.2) is 4.39 Å². The summed E-state index contributed by atoms with van der Waals surface area (Å²) in [5, 5.41) is 2.74. The monoisotopic (exact) mass is 332 g/mol. The fraction of sp³-hybridized carbons (Fsp3) is 0.278. The first-order valence-electron chi connectivity index (χ1n) is 7.57. The molecule has 3 N–H and O–H groups in total. The highest BCUT2D eigenvalue weighted by molar-refractivity contribution is 5.81. The van der Waals surface area contributed by atoms with E-state index in [-0.39, 0.29) is 18.3 Å². The van der Waals surface area contributed by atoms with Gasteiger partial charge in [-0.15, -0.1) is 0 Å². The Hall–Kier alpha value is -2.44. The molecule has 0 heterocycles. The molecule has 0 saturated carbocycles. The van der Waals surface area contributed by atoms with Crippen LogP contribution in [0.5, 0.6) is 5.75 Å². The molecule has 1 amide bonds. The number of carbonyl (C=O) groups is 1. The second-order valence-electron chi connectivity index (χ2n) is 5.34. The molecule has 2 rings (SSSR count). The lowest BCUT2D eigenvalue weighted by Gasteiger charge is -2.11. The van der Waals surface area contributed by atoms with Gasteiger partial charge in [0.05, 0.1) is 6.61 Å². The summed E-state index contributed by atoms with van der Waals surface area (Å²) >= 11 is 0. The molecular formula is C18H21FN2O3. The molecule has 0 saturated heterocycles. The summed E-state index contributed by atoms with van der Waals surface area (Å²) in [6.07, 6.45) is 0. The highest BCUT2D eigenvalue weighted by Gasteiger charge is 2.12. The van der Waals surface area contributed by atoms with E-state index in [9.17, 15) is 9.18 Å². The lowest BCUT2D eigenvalue weighted by atomic mass is 10.2. The summed E-state index contributed by atoms with van der Waals surface area (Å²) in [5.74, 6) is 0.127. The fourth-order valence-corrected chi connectivity index (χ4v) is 2.07. The number of carbonyl (C=O) groups excluding carboxylic acids is 1. The predicted molar refractivity (Wildman–Crippen MR) is 88.9 cm³/mol. The first kappa shape index (κ1) is 17.9. The summed E-state index contributed by atoms with van der Waals surface area (Å²) in [5.41, 5.74) is 7.32. The van der Waals surface area contributed by atoms with Crippen molar-refractivity contribution in [2.24, 2.45) is 5.73 Å². The summed E-state index contributed by atoms with van der Waals surface area (Å²) in [4.78, 5) is 11.7. The van der Waals surface area contributed by atoms with Crippen LogP contribution >= 0.6 is 0 Å². The van der Waals surface area contributed by atoms with Crippen LogP contribution in [0.2, 0.25) is 0 Å². The molecule has 0 radical (unpaired) electrons. The van der Waals surface area contributed by atoms with E-state index in [4.69, 9.17) is 15.2 Å². The number of nitrogens with one attached hydrogen (secondary N) is 1. The minimum absolute atomic E-state index is 0.179. The Balaban J connectivity index is 1.81. The average Bonchev–Trinajstić information content (AvgIpc) is 2.59. The van der Waals surface area contributed by atoms with Crippen LogP contribution in [-0.4, -0.2) is 25.7 Å². The van der Waals surface area contributed by atoms with E-state index in [0.717, 1.165) is 11.1 Å². The molecule has 0 aliphatic heterocycles. The van der Waals surface area contributed by atoms with Crippen LogP contribution in [0.15, 0.2) is 48.5 Å². The van der Waals surface area contributed by atoms with E-state index in [1.807, 2.05) is 12.1 Å². The highest BCUT2D eigenvalue weighted by atomic mass is 19.1. The standard InChI is InChI=1S/C18H21FN2O3/c1-23-12-17(20)18(22)21-10-13-5-7-16(8-6-13)24-11-14-3-2-4-15(19)9-14/h2-9,17H,10-12,20H2,1H3,(H,21,22)/t17-/m0/s1. The molecule has 0 fully saturated rings. The number of hydrogen-bond acceptors (Lipinski definition) is 4. The molecule has 6 heteroatoms. The largest absolute Gasteiger partial charge is 0.489 e. The number of halogens is 1. The van der Waals surface area contributed by atoms with E-state index in [0.29, 0.717) is 18.9 Å². The van der Waals surface area contributed by atoms with Gasteiger partial charge >= 0.3 is 0 Å². The fourth-order valence-electron chi connectivity index (χ4n) is 2.07. The van der Waals surface area contributed by atoms with Crippen molar-refractivity contribution >= 4 is 5.91 Å². The van der Waals surface area contributed by atoms with Crippen LogP contribution < -0.4 is 15.8 Å². The van der Waals surface area contributed by atoms with Crippen molar-refractivity contribution in [3.63, 3.8) is 0 Å². The lowest BCUT2D eigenvalue weighted by molar-refractivity contribution is -0.123. The second kappa shape index (κ2) is 9.00. The summed E-state index contributed by atoms with van der Waals surface area (Å²) in [6.45, 7) is 0.846. The third kappa shape index (κ3) is 5.64.